The summed E-state index contributed by atoms with van der Waals surface area (Å²) in [7, 11) is 0. The number of nitriles is 1. The van der Waals surface area contributed by atoms with Crippen LogP contribution in [-0.2, 0) is 6.54 Å². The Bertz CT molecular complexity index is 614. The average Bonchev–Trinajstić information content (AvgIpc) is 2.71. The maximum absolute atomic E-state index is 12.3. The number of halogens is 2. The second kappa shape index (κ2) is 5.53. The van der Waals surface area contributed by atoms with E-state index in [1.807, 2.05) is 6.92 Å². The summed E-state index contributed by atoms with van der Waals surface area (Å²) >= 11 is 0. The molecule has 0 aliphatic rings. The summed E-state index contributed by atoms with van der Waals surface area (Å²) in [5.41, 5.74) is 2.07. The van der Waals surface area contributed by atoms with Crippen LogP contribution in [0.15, 0.2) is 36.7 Å². The molecule has 0 amide bonds. The first kappa shape index (κ1) is 13.1. The zero-order valence-corrected chi connectivity index (χ0v) is 10.3. The number of ether oxygens (including phenoxy) is 1. The molecule has 0 atom stereocenters. The first-order valence-corrected chi connectivity index (χ1v) is 5.69. The predicted molar refractivity (Wildman–Crippen MR) is 66.1 cm³/mol. The van der Waals surface area contributed by atoms with Gasteiger partial charge in [0.2, 0.25) is 0 Å². The molecule has 0 fully saturated rings. The van der Waals surface area contributed by atoms with Crippen molar-refractivity contribution in [1.82, 2.24) is 4.57 Å². The fourth-order valence-electron chi connectivity index (χ4n) is 1.87. The molecular formula is C14H12F2N2O. The molecule has 0 aliphatic heterocycles. The molecule has 0 N–H and O–H groups in total. The number of alkyl halides is 2. The number of para-hydroxylation sites is 1. The van der Waals surface area contributed by atoms with Gasteiger partial charge in [-0.25, -0.2) is 0 Å². The lowest BCUT2D eigenvalue weighted by Crippen LogP contribution is -2.06. The lowest BCUT2D eigenvalue weighted by Gasteiger charge is -2.10. The van der Waals surface area contributed by atoms with Gasteiger partial charge in [0.1, 0.15) is 11.8 Å². The molecule has 0 saturated heterocycles. The predicted octanol–water partition coefficient (Wildman–Crippen LogP) is 3.32. The minimum absolute atomic E-state index is 0.155. The Morgan fingerprint density at radius 3 is 2.68 bits per heavy atom. The Morgan fingerprint density at radius 1 is 1.32 bits per heavy atom. The zero-order chi connectivity index (χ0) is 13.8. The Balaban J connectivity index is 2.25. The van der Waals surface area contributed by atoms with Gasteiger partial charge in [-0.1, -0.05) is 18.2 Å². The fourth-order valence-corrected chi connectivity index (χ4v) is 1.87. The van der Waals surface area contributed by atoms with Gasteiger partial charge in [-0.3, -0.25) is 0 Å². The molecule has 2 aromatic rings. The quantitative estimate of drug-likeness (QED) is 0.847. The van der Waals surface area contributed by atoms with Crippen molar-refractivity contribution >= 4 is 0 Å². The van der Waals surface area contributed by atoms with Gasteiger partial charge in [0.25, 0.3) is 0 Å². The molecule has 0 bridgehead atoms. The van der Waals surface area contributed by atoms with E-state index in [9.17, 15) is 8.78 Å². The minimum atomic E-state index is -2.85. The van der Waals surface area contributed by atoms with Crippen LogP contribution in [0, 0.1) is 18.3 Å². The lowest BCUT2D eigenvalue weighted by atomic mass is 10.2. The van der Waals surface area contributed by atoms with E-state index >= 15 is 0 Å². The summed E-state index contributed by atoms with van der Waals surface area (Å²) in [6.45, 7) is -0.635. The fraction of sp³-hybridized carbons (Fsp3) is 0.214. The third kappa shape index (κ3) is 3.10. The van der Waals surface area contributed by atoms with Gasteiger partial charge in [-0.15, -0.1) is 0 Å². The van der Waals surface area contributed by atoms with Crippen molar-refractivity contribution in [3.63, 3.8) is 0 Å². The molecule has 1 aromatic carbocycles. The smallest absolute Gasteiger partial charge is 0.387 e. The highest BCUT2D eigenvalue weighted by Crippen LogP contribution is 2.22. The zero-order valence-electron chi connectivity index (χ0n) is 10.3. The lowest BCUT2D eigenvalue weighted by molar-refractivity contribution is -0.0504. The minimum Gasteiger partial charge on any atom is -0.434 e. The molecular weight excluding hydrogens is 250 g/mol. The van der Waals surface area contributed by atoms with Crippen molar-refractivity contribution in [2.45, 2.75) is 20.1 Å². The highest BCUT2D eigenvalue weighted by molar-refractivity contribution is 5.37. The van der Waals surface area contributed by atoms with Crippen molar-refractivity contribution in [2.24, 2.45) is 0 Å². The van der Waals surface area contributed by atoms with Crippen LogP contribution in [0.3, 0.4) is 0 Å². The third-order valence-electron chi connectivity index (χ3n) is 2.74. The normalized spacial score (nSPS) is 10.5. The topological polar surface area (TPSA) is 38.0 Å². The van der Waals surface area contributed by atoms with Crippen LogP contribution in [0.25, 0.3) is 0 Å². The van der Waals surface area contributed by atoms with Crippen LogP contribution in [0.5, 0.6) is 5.75 Å². The molecule has 98 valence electrons. The van der Waals surface area contributed by atoms with Gasteiger partial charge in [0.15, 0.2) is 0 Å². The van der Waals surface area contributed by atoms with Gasteiger partial charge in [-0.2, -0.15) is 14.0 Å². The Morgan fingerprint density at radius 2 is 2.05 bits per heavy atom. The van der Waals surface area contributed by atoms with Crippen molar-refractivity contribution in [2.75, 3.05) is 0 Å². The number of hydrogen-bond donors (Lipinski definition) is 0. The number of aromatic nitrogens is 1. The van der Waals surface area contributed by atoms with Crippen molar-refractivity contribution < 1.29 is 13.5 Å². The van der Waals surface area contributed by atoms with E-state index in [-0.39, 0.29) is 5.75 Å². The van der Waals surface area contributed by atoms with E-state index in [0.717, 1.165) is 5.56 Å². The number of hydrogen-bond acceptors (Lipinski definition) is 2. The van der Waals surface area contributed by atoms with Crippen LogP contribution >= 0.6 is 0 Å². The van der Waals surface area contributed by atoms with Crippen LogP contribution < -0.4 is 4.74 Å². The van der Waals surface area contributed by atoms with Crippen molar-refractivity contribution in [1.29, 1.82) is 5.26 Å². The van der Waals surface area contributed by atoms with E-state index in [4.69, 9.17) is 5.26 Å². The van der Waals surface area contributed by atoms with E-state index < -0.39 is 6.61 Å². The van der Waals surface area contributed by atoms with Crippen molar-refractivity contribution in [3.8, 4) is 11.8 Å². The second-order valence-electron chi connectivity index (χ2n) is 4.13. The number of benzene rings is 1. The Kier molecular flexibility index (Phi) is 3.81. The Hall–Kier alpha value is -2.35. The summed E-state index contributed by atoms with van der Waals surface area (Å²) in [6.07, 6.45) is 3.49. The maximum Gasteiger partial charge on any atom is 0.387 e. The van der Waals surface area contributed by atoms with E-state index in [2.05, 4.69) is 10.8 Å². The molecule has 1 aromatic heterocycles. The molecule has 0 aliphatic carbocycles. The summed E-state index contributed by atoms with van der Waals surface area (Å²) < 4.78 is 30.8. The number of rotatable bonds is 4. The van der Waals surface area contributed by atoms with Crippen molar-refractivity contribution in [3.05, 3.63) is 53.3 Å². The summed E-state index contributed by atoms with van der Waals surface area (Å²) in [5, 5.41) is 8.88. The van der Waals surface area contributed by atoms with Gasteiger partial charge >= 0.3 is 6.61 Å². The highest BCUT2D eigenvalue weighted by Gasteiger charge is 2.10. The van der Waals surface area contributed by atoms with Gasteiger partial charge in [0, 0.05) is 18.0 Å². The summed E-state index contributed by atoms with van der Waals surface area (Å²) in [4.78, 5) is 0. The first-order valence-electron chi connectivity index (χ1n) is 5.69. The van der Waals surface area contributed by atoms with Crippen LogP contribution in [0.4, 0.5) is 8.78 Å². The average molecular weight is 262 g/mol. The monoisotopic (exact) mass is 262 g/mol. The Labute approximate surface area is 109 Å². The maximum atomic E-state index is 12.3. The molecule has 0 saturated carbocycles. The van der Waals surface area contributed by atoms with Crippen LogP contribution in [-0.4, -0.2) is 11.2 Å². The van der Waals surface area contributed by atoms with Gasteiger partial charge < -0.3 is 9.30 Å². The van der Waals surface area contributed by atoms with E-state index in [1.165, 1.54) is 6.07 Å². The SMILES string of the molecule is Cc1cn(Cc2ccccc2OC(F)F)cc1C#N. The van der Waals surface area contributed by atoms with Crippen LogP contribution in [0.2, 0.25) is 0 Å². The second-order valence-corrected chi connectivity index (χ2v) is 4.13. The standard InChI is InChI=1S/C14H12F2N2O/c1-10-7-18(9-12(10)6-17)8-11-4-2-3-5-13(11)19-14(15)16/h2-5,7,9,14H,8H2,1H3. The molecule has 19 heavy (non-hydrogen) atoms. The van der Waals surface area contributed by atoms with E-state index in [0.29, 0.717) is 17.7 Å². The summed E-state index contributed by atoms with van der Waals surface area (Å²) in [6, 6.07) is 8.70. The molecule has 5 heteroatoms. The highest BCUT2D eigenvalue weighted by atomic mass is 19.3. The number of nitrogens with zero attached hydrogens (tertiary/aromatic N) is 2. The van der Waals surface area contributed by atoms with Gasteiger partial charge in [-0.05, 0) is 18.6 Å². The molecule has 2 rings (SSSR count). The third-order valence-corrected chi connectivity index (χ3v) is 2.74. The van der Waals surface area contributed by atoms with Gasteiger partial charge in [0.05, 0.1) is 12.1 Å². The largest absolute Gasteiger partial charge is 0.434 e. The van der Waals surface area contributed by atoms with E-state index in [1.54, 1.807) is 35.2 Å². The van der Waals surface area contributed by atoms with Crippen LogP contribution in [0.1, 0.15) is 16.7 Å². The molecule has 3 nitrogen and oxygen atoms in total. The summed E-state index contributed by atoms with van der Waals surface area (Å²) in [5.74, 6) is 0.155. The number of aryl methyl sites for hydroxylation is 1. The first-order chi connectivity index (χ1) is 9.10. The molecule has 0 radical (unpaired) electrons. The molecule has 1 heterocycles. The molecule has 0 spiro atoms. The molecule has 0 unspecified atom stereocenters.